The topological polar surface area (TPSA) is 61.0 Å². The molecule has 3 atom stereocenters. The maximum Gasteiger partial charge on any atom is 0.470 e. The molecular formula is C32H26F3N3O2. The number of alkyl halides is 3. The van der Waals surface area contributed by atoms with Gasteiger partial charge in [-0.15, -0.1) is 10.2 Å². The van der Waals surface area contributed by atoms with Gasteiger partial charge in [0.05, 0.1) is 11.2 Å². The molecule has 0 N–H and O–H groups in total. The fraction of sp³-hybridized carbons (Fsp3) is 0.281. The molecule has 2 saturated carbocycles. The number of fused-ring (bicyclic) bond motifs is 3. The predicted octanol–water partition coefficient (Wildman–Crippen LogP) is 7.99. The van der Waals surface area contributed by atoms with E-state index >= 15 is 0 Å². The quantitative estimate of drug-likeness (QED) is 0.218. The Bertz CT molecular complexity index is 1680. The Morgan fingerprint density at radius 2 is 1.73 bits per heavy atom. The molecule has 40 heavy (non-hydrogen) atoms. The average Bonchev–Trinajstić information content (AvgIpc) is 3.74. The van der Waals surface area contributed by atoms with Crippen LogP contribution in [0, 0.1) is 11.8 Å². The summed E-state index contributed by atoms with van der Waals surface area (Å²) in [5.74, 6) is 0.0299. The van der Waals surface area contributed by atoms with Gasteiger partial charge in [0.25, 0.3) is 0 Å². The van der Waals surface area contributed by atoms with E-state index in [1.807, 2.05) is 60.7 Å². The molecule has 3 unspecified atom stereocenters. The van der Waals surface area contributed by atoms with Crippen LogP contribution in [0.3, 0.4) is 0 Å². The molecular weight excluding hydrogens is 515 g/mol. The van der Waals surface area contributed by atoms with E-state index in [1.54, 1.807) is 12.1 Å². The molecule has 2 aliphatic rings. The number of hydrogen-bond donors (Lipinski definition) is 0. The van der Waals surface area contributed by atoms with E-state index in [0.717, 1.165) is 53.4 Å². The van der Waals surface area contributed by atoms with Gasteiger partial charge < -0.3 is 9.15 Å². The van der Waals surface area contributed by atoms with E-state index in [-0.39, 0.29) is 12.5 Å². The standard InChI is InChI=1S/C32H26F3N3O2/c33-32(34,35)30-38-37-29(40-30)26-15-14-25(39-19-24-13-11-21-6-4-5-9-28(21)36-24)17-27(26)31(22-7-2-1-3-8-22)18-20-10-12-23(31)16-20/h1-9,11,13-15,17,20,23H,10,12,16,18-19H2. The fourth-order valence-electron chi connectivity index (χ4n) is 6.87. The average molecular weight is 542 g/mol. The van der Waals surface area contributed by atoms with Crippen molar-refractivity contribution < 1.29 is 22.3 Å². The van der Waals surface area contributed by atoms with E-state index in [9.17, 15) is 13.2 Å². The van der Waals surface area contributed by atoms with E-state index in [0.29, 0.717) is 23.1 Å². The third kappa shape index (κ3) is 4.22. The van der Waals surface area contributed by atoms with E-state index in [2.05, 4.69) is 22.3 Å². The number of nitrogens with zero attached hydrogens (tertiary/aromatic N) is 3. The molecule has 2 fully saturated rings. The molecule has 8 heteroatoms. The Morgan fingerprint density at radius 3 is 2.48 bits per heavy atom. The summed E-state index contributed by atoms with van der Waals surface area (Å²) in [5, 5.41) is 8.21. The van der Waals surface area contributed by atoms with Gasteiger partial charge in [-0.1, -0.05) is 61.0 Å². The van der Waals surface area contributed by atoms with Gasteiger partial charge in [-0.25, -0.2) is 4.98 Å². The molecule has 0 saturated heterocycles. The molecule has 202 valence electrons. The molecule has 2 aliphatic carbocycles. The minimum absolute atomic E-state index is 0.136. The zero-order valence-electron chi connectivity index (χ0n) is 21.6. The summed E-state index contributed by atoms with van der Waals surface area (Å²) in [6.45, 7) is 0.257. The van der Waals surface area contributed by atoms with Gasteiger partial charge in [0.15, 0.2) is 0 Å². The molecule has 5 aromatic rings. The lowest BCUT2D eigenvalue weighted by Gasteiger charge is -2.40. The molecule has 0 aliphatic heterocycles. The van der Waals surface area contributed by atoms with Crippen molar-refractivity contribution in [3.05, 3.63) is 108 Å². The Hall–Kier alpha value is -4.20. The summed E-state index contributed by atoms with van der Waals surface area (Å²) in [6.07, 6.45) is -0.506. The minimum atomic E-state index is -4.72. The Balaban J connectivity index is 1.32. The zero-order chi connectivity index (χ0) is 27.3. The highest BCUT2D eigenvalue weighted by molar-refractivity contribution is 5.78. The van der Waals surface area contributed by atoms with Crippen LogP contribution in [0.25, 0.3) is 22.4 Å². The van der Waals surface area contributed by atoms with Gasteiger partial charge in [-0.05, 0) is 72.6 Å². The van der Waals surface area contributed by atoms with Gasteiger partial charge in [0, 0.05) is 16.4 Å². The molecule has 2 heterocycles. The van der Waals surface area contributed by atoms with Crippen molar-refractivity contribution in [2.75, 3.05) is 0 Å². The number of para-hydroxylation sites is 1. The molecule has 3 aromatic carbocycles. The lowest BCUT2D eigenvalue weighted by Crippen LogP contribution is -2.34. The lowest BCUT2D eigenvalue weighted by atomic mass is 9.63. The van der Waals surface area contributed by atoms with Crippen molar-refractivity contribution in [1.29, 1.82) is 0 Å². The van der Waals surface area contributed by atoms with Crippen LogP contribution >= 0.6 is 0 Å². The fourth-order valence-corrected chi connectivity index (χ4v) is 6.87. The first-order chi connectivity index (χ1) is 19.4. The Kier molecular flexibility index (Phi) is 5.87. The van der Waals surface area contributed by atoms with E-state index < -0.39 is 17.5 Å². The highest BCUT2D eigenvalue weighted by Crippen LogP contribution is 2.61. The number of halogens is 3. The van der Waals surface area contributed by atoms with Crippen molar-refractivity contribution in [3.8, 4) is 17.2 Å². The van der Waals surface area contributed by atoms with E-state index in [1.165, 1.54) is 0 Å². The van der Waals surface area contributed by atoms with Crippen LogP contribution in [-0.4, -0.2) is 15.2 Å². The maximum atomic E-state index is 13.4. The second-order valence-electron chi connectivity index (χ2n) is 10.8. The minimum Gasteiger partial charge on any atom is -0.487 e. The predicted molar refractivity (Wildman–Crippen MR) is 143 cm³/mol. The van der Waals surface area contributed by atoms with Gasteiger partial charge in [-0.2, -0.15) is 13.2 Å². The van der Waals surface area contributed by atoms with Gasteiger partial charge in [-0.3, -0.25) is 0 Å². The second-order valence-corrected chi connectivity index (χ2v) is 10.8. The van der Waals surface area contributed by atoms with Crippen molar-refractivity contribution in [1.82, 2.24) is 15.2 Å². The van der Waals surface area contributed by atoms with Crippen LogP contribution in [-0.2, 0) is 18.2 Å². The molecule has 0 radical (unpaired) electrons. The number of hydrogen-bond acceptors (Lipinski definition) is 5. The molecule has 2 aromatic heterocycles. The van der Waals surface area contributed by atoms with Crippen molar-refractivity contribution in [3.63, 3.8) is 0 Å². The summed E-state index contributed by atoms with van der Waals surface area (Å²) in [7, 11) is 0. The third-order valence-electron chi connectivity index (χ3n) is 8.55. The molecule has 0 amide bonds. The van der Waals surface area contributed by atoms with Gasteiger partial charge >= 0.3 is 12.1 Å². The SMILES string of the molecule is FC(F)(F)c1nnc(-c2ccc(OCc3ccc4ccccc4n3)cc2C2(c3ccccc3)CC3CCC2C3)o1. The lowest BCUT2D eigenvalue weighted by molar-refractivity contribution is -0.156. The summed E-state index contributed by atoms with van der Waals surface area (Å²) in [5.41, 5.74) is 3.80. The van der Waals surface area contributed by atoms with Crippen LogP contribution in [0.4, 0.5) is 13.2 Å². The summed E-state index contributed by atoms with van der Waals surface area (Å²) in [6, 6.07) is 27.6. The summed E-state index contributed by atoms with van der Waals surface area (Å²) >= 11 is 0. The number of pyridine rings is 1. The van der Waals surface area contributed by atoms with Gasteiger partial charge in [0.1, 0.15) is 12.4 Å². The van der Waals surface area contributed by atoms with Crippen LogP contribution in [0.1, 0.15) is 48.4 Å². The van der Waals surface area contributed by atoms with Crippen LogP contribution in [0.5, 0.6) is 5.75 Å². The normalized spacial score (nSPS) is 22.2. The number of rotatable bonds is 6. The number of ether oxygens (including phenoxy) is 1. The maximum absolute atomic E-state index is 13.4. The summed E-state index contributed by atoms with van der Waals surface area (Å²) in [4.78, 5) is 4.71. The molecule has 7 rings (SSSR count). The largest absolute Gasteiger partial charge is 0.487 e. The first-order valence-corrected chi connectivity index (χ1v) is 13.5. The monoisotopic (exact) mass is 541 g/mol. The Labute approximate surface area is 229 Å². The van der Waals surface area contributed by atoms with Crippen molar-refractivity contribution in [2.24, 2.45) is 11.8 Å². The third-order valence-corrected chi connectivity index (χ3v) is 8.55. The molecule has 0 spiro atoms. The van der Waals surface area contributed by atoms with Crippen molar-refractivity contribution >= 4 is 10.9 Å². The smallest absolute Gasteiger partial charge is 0.470 e. The highest BCUT2D eigenvalue weighted by atomic mass is 19.4. The number of aromatic nitrogens is 3. The van der Waals surface area contributed by atoms with Crippen LogP contribution in [0.15, 0.2) is 89.3 Å². The number of benzene rings is 3. The van der Waals surface area contributed by atoms with Gasteiger partial charge in [0.2, 0.25) is 5.89 Å². The zero-order valence-corrected chi connectivity index (χ0v) is 21.6. The van der Waals surface area contributed by atoms with Crippen molar-refractivity contribution in [2.45, 2.75) is 43.9 Å². The summed E-state index contributed by atoms with van der Waals surface area (Å²) < 4.78 is 51.6. The molecule has 5 nitrogen and oxygen atoms in total. The van der Waals surface area contributed by atoms with Crippen LogP contribution < -0.4 is 4.74 Å². The van der Waals surface area contributed by atoms with E-state index in [4.69, 9.17) is 14.1 Å². The van der Waals surface area contributed by atoms with Crippen LogP contribution in [0.2, 0.25) is 0 Å². The Morgan fingerprint density at radius 1 is 0.900 bits per heavy atom. The first kappa shape index (κ1) is 24.8. The second kappa shape index (κ2) is 9.47. The molecule has 2 bridgehead atoms. The highest BCUT2D eigenvalue weighted by Gasteiger charge is 2.54. The first-order valence-electron chi connectivity index (χ1n) is 13.5.